The summed E-state index contributed by atoms with van der Waals surface area (Å²) >= 11 is 0. The fraction of sp³-hybridized carbons (Fsp3) is 0.0870. The number of allylic oxidation sites excluding steroid dienone is 2. The molecule has 34 heavy (non-hydrogen) atoms. The fourth-order valence-electron chi connectivity index (χ4n) is 3.49. The maximum absolute atomic E-state index is 12.9. The van der Waals surface area contributed by atoms with Crippen molar-refractivity contribution in [3.63, 3.8) is 0 Å². The molecule has 0 saturated heterocycles. The van der Waals surface area contributed by atoms with Crippen LogP contribution in [0.25, 0.3) is 0 Å². The summed E-state index contributed by atoms with van der Waals surface area (Å²) < 4.78 is 28.3. The van der Waals surface area contributed by atoms with Crippen LogP contribution in [0.3, 0.4) is 0 Å². The van der Waals surface area contributed by atoms with Gasteiger partial charge in [-0.15, -0.1) is 10.2 Å². The van der Waals surface area contributed by atoms with Gasteiger partial charge in [0.15, 0.2) is 0 Å². The van der Waals surface area contributed by atoms with Gasteiger partial charge in [-0.1, -0.05) is 36.4 Å². The first-order chi connectivity index (χ1) is 16.3. The van der Waals surface area contributed by atoms with E-state index < -0.39 is 20.9 Å². The molecule has 3 aromatic carbocycles. The minimum absolute atomic E-state index is 0.0525. The number of aromatic hydroxyl groups is 1. The molecule has 10 nitrogen and oxygen atoms in total. The SMILES string of the molecule is O=C(N=Nc1cc(NS(=O)(=O)c2ccccc2)c2c(c1O)CC=CC2)c1cccc([N+](=O)[O-])c1. The first-order valence-electron chi connectivity index (χ1n) is 10.1. The molecule has 0 saturated carbocycles. The summed E-state index contributed by atoms with van der Waals surface area (Å²) in [4.78, 5) is 22.8. The van der Waals surface area contributed by atoms with Gasteiger partial charge in [0.2, 0.25) is 0 Å². The number of carbonyl (C=O) groups is 1. The van der Waals surface area contributed by atoms with Crippen LogP contribution < -0.4 is 4.72 Å². The lowest BCUT2D eigenvalue weighted by Gasteiger charge is -2.19. The number of phenolic OH excluding ortho intramolecular Hbond substituents is 1. The number of nitro benzene ring substituents is 1. The molecule has 0 unspecified atom stereocenters. The lowest BCUT2D eigenvalue weighted by molar-refractivity contribution is -0.384. The van der Waals surface area contributed by atoms with Crippen molar-refractivity contribution in [3.05, 3.63) is 99.6 Å². The lowest BCUT2D eigenvalue weighted by atomic mass is 9.93. The predicted molar refractivity (Wildman–Crippen MR) is 124 cm³/mol. The highest BCUT2D eigenvalue weighted by Gasteiger charge is 2.23. The minimum Gasteiger partial charge on any atom is -0.505 e. The maximum atomic E-state index is 12.9. The molecule has 0 bridgehead atoms. The molecule has 0 spiro atoms. The Morgan fingerprint density at radius 3 is 2.41 bits per heavy atom. The fourth-order valence-corrected chi connectivity index (χ4v) is 4.59. The molecular weight excluding hydrogens is 460 g/mol. The van der Waals surface area contributed by atoms with E-state index in [2.05, 4.69) is 15.0 Å². The van der Waals surface area contributed by atoms with Crippen molar-refractivity contribution in [1.29, 1.82) is 0 Å². The number of sulfonamides is 1. The number of rotatable bonds is 6. The molecule has 0 aliphatic heterocycles. The van der Waals surface area contributed by atoms with Gasteiger partial charge in [0.1, 0.15) is 11.4 Å². The first-order valence-corrected chi connectivity index (χ1v) is 11.6. The topological polar surface area (TPSA) is 151 Å². The van der Waals surface area contributed by atoms with E-state index in [-0.39, 0.29) is 33.3 Å². The molecule has 0 radical (unpaired) electrons. The van der Waals surface area contributed by atoms with Crippen LogP contribution in [-0.4, -0.2) is 24.4 Å². The van der Waals surface area contributed by atoms with Crippen LogP contribution >= 0.6 is 0 Å². The quantitative estimate of drug-likeness (QED) is 0.173. The van der Waals surface area contributed by atoms with Crippen molar-refractivity contribution < 1.29 is 23.2 Å². The molecule has 172 valence electrons. The van der Waals surface area contributed by atoms with Crippen molar-refractivity contribution in [3.8, 4) is 5.75 Å². The van der Waals surface area contributed by atoms with Crippen LogP contribution in [-0.2, 0) is 22.9 Å². The second kappa shape index (κ2) is 9.24. The Hall–Kier alpha value is -4.38. The number of nitro groups is 1. The van der Waals surface area contributed by atoms with Crippen LogP contribution in [0.5, 0.6) is 5.75 Å². The monoisotopic (exact) mass is 478 g/mol. The van der Waals surface area contributed by atoms with Gasteiger partial charge >= 0.3 is 0 Å². The number of hydrogen-bond acceptors (Lipinski definition) is 7. The summed E-state index contributed by atoms with van der Waals surface area (Å²) in [7, 11) is -3.92. The molecule has 0 fully saturated rings. The summed E-state index contributed by atoms with van der Waals surface area (Å²) in [6, 6.07) is 14.1. The van der Waals surface area contributed by atoms with Gasteiger partial charge in [0, 0.05) is 17.7 Å². The Kier molecular flexibility index (Phi) is 6.19. The average Bonchev–Trinajstić information content (AvgIpc) is 2.85. The molecule has 0 atom stereocenters. The summed E-state index contributed by atoms with van der Waals surface area (Å²) in [5, 5.41) is 29.0. The number of hydrogen-bond donors (Lipinski definition) is 2. The van der Waals surface area contributed by atoms with Gasteiger partial charge < -0.3 is 5.11 Å². The van der Waals surface area contributed by atoms with Crippen molar-refractivity contribution >= 4 is 33.0 Å². The van der Waals surface area contributed by atoms with Crippen molar-refractivity contribution in [2.24, 2.45) is 10.2 Å². The zero-order valence-corrected chi connectivity index (χ0v) is 18.4. The van der Waals surface area contributed by atoms with Crippen LogP contribution in [0.15, 0.2) is 87.9 Å². The molecule has 0 heterocycles. The van der Waals surface area contributed by atoms with Gasteiger partial charge in [-0.3, -0.25) is 19.6 Å². The van der Waals surface area contributed by atoms with Gasteiger partial charge in [0.05, 0.1) is 21.1 Å². The summed E-state index contributed by atoms with van der Waals surface area (Å²) in [5.41, 5.74) is 0.817. The molecular formula is C23H18N4O6S. The Morgan fingerprint density at radius 1 is 1.00 bits per heavy atom. The van der Waals surface area contributed by atoms with E-state index >= 15 is 0 Å². The van der Waals surface area contributed by atoms with Crippen LogP contribution in [0.2, 0.25) is 0 Å². The highest BCUT2D eigenvalue weighted by Crippen LogP contribution is 2.41. The zero-order chi connectivity index (χ0) is 24.3. The Morgan fingerprint density at radius 2 is 1.71 bits per heavy atom. The summed E-state index contributed by atoms with van der Waals surface area (Å²) in [5.74, 6) is -1.08. The average molecular weight is 478 g/mol. The Bertz CT molecular complexity index is 1450. The van der Waals surface area contributed by atoms with E-state index in [9.17, 15) is 28.4 Å². The largest absolute Gasteiger partial charge is 0.505 e. The molecule has 1 aliphatic carbocycles. The number of amides is 1. The standard InChI is InChI=1S/C23H18N4O6S/c28-22-19-12-5-4-11-18(19)20(26-34(32,33)17-9-2-1-3-10-17)14-21(22)24-25-23(29)15-7-6-8-16(13-15)27(30)31/h1-10,13-14,26,28H,11-12H2. The van der Waals surface area contributed by atoms with Crippen LogP contribution in [0.1, 0.15) is 21.5 Å². The Labute approximate surface area is 194 Å². The molecule has 11 heteroatoms. The molecule has 1 aliphatic rings. The number of azo groups is 1. The van der Waals surface area contributed by atoms with E-state index in [0.29, 0.717) is 24.0 Å². The van der Waals surface area contributed by atoms with Crippen LogP contribution in [0, 0.1) is 10.1 Å². The Balaban J connectivity index is 1.71. The van der Waals surface area contributed by atoms with E-state index in [1.165, 1.54) is 36.4 Å². The van der Waals surface area contributed by atoms with Gasteiger partial charge in [0.25, 0.3) is 21.6 Å². The third kappa shape index (κ3) is 4.69. The highest BCUT2D eigenvalue weighted by atomic mass is 32.2. The van der Waals surface area contributed by atoms with Gasteiger partial charge in [-0.25, -0.2) is 8.42 Å². The highest BCUT2D eigenvalue weighted by molar-refractivity contribution is 7.92. The van der Waals surface area contributed by atoms with Gasteiger partial charge in [-0.2, -0.15) is 0 Å². The predicted octanol–water partition coefficient (Wildman–Crippen LogP) is 4.68. The smallest absolute Gasteiger partial charge is 0.295 e. The van der Waals surface area contributed by atoms with E-state index in [0.717, 1.165) is 6.07 Å². The number of fused-ring (bicyclic) bond motifs is 1. The second-order valence-electron chi connectivity index (χ2n) is 7.36. The van der Waals surface area contributed by atoms with Crippen molar-refractivity contribution in [1.82, 2.24) is 0 Å². The normalized spacial score (nSPS) is 12.9. The number of anilines is 1. The van der Waals surface area contributed by atoms with Crippen molar-refractivity contribution in [2.45, 2.75) is 17.7 Å². The molecule has 0 aromatic heterocycles. The summed E-state index contributed by atoms with van der Waals surface area (Å²) in [6.07, 6.45) is 4.41. The molecule has 3 aromatic rings. The number of phenols is 1. The second-order valence-corrected chi connectivity index (χ2v) is 9.04. The minimum atomic E-state index is -3.92. The zero-order valence-electron chi connectivity index (χ0n) is 17.6. The van der Waals surface area contributed by atoms with E-state index in [1.807, 2.05) is 12.2 Å². The molecule has 1 amide bonds. The molecule has 4 rings (SSSR count). The number of non-ortho nitro benzene ring substituents is 1. The van der Waals surface area contributed by atoms with E-state index in [4.69, 9.17) is 0 Å². The lowest BCUT2D eigenvalue weighted by Crippen LogP contribution is -2.15. The van der Waals surface area contributed by atoms with Crippen molar-refractivity contribution in [2.75, 3.05) is 4.72 Å². The third-order valence-corrected chi connectivity index (χ3v) is 6.54. The number of carbonyl (C=O) groups excluding carboxylic acids is 1. The maximum Gasteiger partial charge on any atom is 0.295 e. The molecule has 2 N–H and O–H groups in total. The third-order valence-electron chi connectivity index (χ3n) is 5.16. The van der Waals surface area contributed by atoms with Crippen LogP contribution in [0.4, 0.5) is 17.1 Å². The first kappa shape index (κ1) is 22.8. The van der Waals surface area contributed by atoms with E-state index in [1.54, 1.807) is 18.2 Å². The number of nitrogens with one attached hydrogen (secondary N) is 1. The number of nitrogens with zero attached hydrogens (tertiary/aromatic N) is 3. The summed E-state index contributed by atoms with van der Waals surface area (Å²) in [6.45, 7) is 0. The van der Waals surface area contributed by atoms with Gasteiger partial charge in [-0.05, 0) is 42.7 Å². The number of benzene rings is 3.